The van der Waals surface area contributed by atoms with Crippen molar-refractivity contribution in [3.8, 4) is 0 Å². The molecule has 6 nitrogen and oxygen atoms in total. The SMILES string of the molecule is CCC(C)(C)C(=O)OCC(=O)OC12CC3CC(O)(CC(O)(C3)C1)C2. The van der Waals surface area contributed by atoms with E-state index in [1.165, 1.54) is 0 Å². The Morgan fingerprint density at radius 3 is 2.17 bits per heavy atom. The summed E-state index contributed by atoms with van der Waals surface area (Å²) >= 11 is 0. The lowest BCUT2D eigenvalue weighted by Crippen LogP contribution is -2.67. The summed E-state index contributed by atoms with van der Waals surface area (Å²) in [4.78, 5) is 24.1. The van der Waals surface area contributed by atoms with Crippen LogP contribution >= 0.6 is 0 Å². The van der Waals surface area contributed by atoms with E-state index in [9.17, 15) is 19.8 Å². The number of carbonyl (C=O) groups is 2. The molecule has 0 aromatic heterocycles. The first-order chi connectivity index (χ1) is 11.0. The highest BCUT2D eigenvalue weighted by atomic mass is 16.6. The summed E-state index contributed by atoms with van der Waals surface area (Å²) < 4.78 is 10.7. The van der Waals surface area contributed by atoms with Crippen LogP contribution in [0, 0.1) is 11.3 Å². The smallest absolute Gasteiger partial charge is 0.344 e. The Bertz CT molecular complexity index is 536. The van der Waals surface area contributed by atoms with Gasteiger partial charge < -0.3 is 19.7 Å². The molecule has 4 fully saturated rings. The average molecular weight is 340 g/mol. The Morgan fingerprint density at radius 2 is 1.67 bits per heavy atom. The average Bonchev–Trinajstić information content (AvgIpc) is 2.40. The van der Waals surface area contributed by atoms with E-state index < -0.39 is 40.8 Å². The zero-order chi connectivity index (χ0) is 17.8. The van der Waals surface area contributed by atoms with Crippen molar-refractivity contribution >= 4 is 11.9 Å². The number of esters is 2. The number of hydrogen-bond acceptors (Lipinski definition) is 6. The maximum atomic E-state index is 12.2. The Kier molecular flexibility index (Phi) is 4.00. The van der Waals surface area contributed by atoms with Crippen LogP contribution in [-0.2, 0) is 19.1 Å². The van der Waals surface area contributed by atoms with E-state index in [1.807, 2.05) is 6.92 Å². The van der Waals surface area contributed by atoms with Crippen molar-refractivity contribution in [3.63, 3.8) is 0 Å². The van der Waals surface area contributed by atoms with Crippen LogP contribution in [0.3, 0.4) is 0 Å². The fraction of sp³-hybridized carbons (Fsp3) is 0.889. The Hall–Kier alpha value is -1.14. The zero-order valence-corrected chi connectivity index (χ0v) is 14.8. The van der Waals surface area contributed by atoms with Gasteiger partial charge in [0.15, 0.2) is 6.61 Å². The van der Waals surface area contributed by atoms with E-state index in [0.717, 1.165) is 0 Å². The Morgan fingerprint density at radius 1 is 1.08 bits per heavy atom. The van der Waals surface area contributed by atoms with Crippen LogP contribution in [0.4, 0.5) is 0 Å². The molecule has 4 bridgehead atoms. The van der Waals surface area contributed by atoms with Gasteiger partial charge in [0.05, 0.1) is 16.6 Å². The first-order valence-electron chi connectivity index (χ1n) is 8.83. The fourth-order valence-electron chi connectivity index (χ4n) is 5.10. The van der Waals surface area contributed by atoms with Gasteiger partial charge in [-0.25, -0.2) is 4.79 Å². The van der Waals surface area contributed by atoms with Crippen molar-refractivity contribution in [2.45, 2.75) is 82.5 Å². The highest BCUT2D eigenvalue weighted by Gasteiger charge is 2.64. The van der Waals surface area contributed by atoms with Gasteiger partial charge in [-0.15, -0.1) is 0 Å². The summed E-state index contributed by atoms with van der Waals surface area (Å²) in [5.74, 6) is -0.861. The molecule has 6 heteroatoms. The number of rotatable bonds is 5. The third-order valence-corrected chi connectivity index (χ3v) is 6.05. The summed E-state index contributed by atoms with van der Waals surface area (Å²) in [5.41, 5.74) is -3.36. The lowest BCUT2D eigenvalue weighted by Gasteiger charge is -2.62. The largest absolute Gasteiger partial charge is 0.456 e. The van der Waals surface area contributed by atoms with Crippen molar-refractivity contribution in [1.82, 2.24) is 0 Å². The molecular formula is C18H28O6. The molecule has 0 aromatic rings. The summed E-state index contributed by atoms with van der Waals surface area (Å²) in [6, 6.07) is 0. The van der Waals surface area contributed by atoms with Crippen molar-refractivity contribution in [1.29, 1.82) is 0 Å². The molecule has 4 saturated carbocycles. The minimum atomic E-state index is -0.949. The van der Waals surface area contributed by atoms with E-state index in [1.54, 1.807) is 13.8 Å². The Balaban J connectivity index is 1.62. The molecule has 2 atom stereocenters. The molecule has 0 radical (unpaired) electrons. The summed E-state index contributed by atoms with van der Waals surface area (Å²) in [5, 5.41) is 21.3. The van der Waals surface area contributed by atoms with Crippen molar-refractivity contribution in [2.24, 2.45) is 11.3 Å². The van der Waals surface area contributed by atoms with Crippen LogP contribution in [-0.4, -0.2) is 45.6 Å². The van der Waals surface area contributed by atoms with Gasteiger partial charge in [-0.1, -0.05) is 6.92 Å². The van der Waals surface area contributed by atoms with E-state index in [-0.39, 0.29) is 5.92 Å². The minimum Gasteiger partial charge on any atom is -0.456 e. The number of aliphatic hydroxyl groups is 2. The summed E-state index contributed by atoms with van der Waals surface area (Å²) in [6.07, 6.45) is 3.68. The molecule has 4 rings (SSSR count). The first-order valence-corrected chi connectivity index (χ1v) is 8.83. The van der Waals surface area contributed by atoms with Gasteiger partial charge >= 0.3 is 11.9 Å². The van der Waals surface area contributed by atoms with E-state index >= 15 is 0 Å². The van der Waals surface area contributed by atoms with Crippen LogP contribution in [0.2, 0.25) is 0 Å². The second-order valence-corrected chi connectivity index (χ2v) is 8.93. The van der Waals surface area contributed by atoms with Crippen LogP contribution in [0.25, 0.3) is 0 Å². The van der Waals surface area contributed by atoms with Gasteiger partial charge in [-0.3, -0.25) is 4.79 Å². The molecule has 2 N–H and O–H groups in total. The van der Waals surface area contributed by atoms with Gasteiger partial charge in [0.25, 0.3) is 0 Å². The van der Waals surface area contributed by atoms with Gasteiger partial charge in [0.2, 0.25) is 0 Å². The lowest BCUT2D eigenvalue weighted by atomic mass is 9.50. The molecule has 136 valence electrons. The van der Waals surface area contributed by atoms with E-state index in [4.69, 9.17) is 9.47 Å². The van der Waals surface area contributed by atoms with Gasteiger partial charge in [0.1, 0.15) is 5.60 Å². The molecule has 4 aliphatic rings. The van der Waals surface area contributed by atoms with Gasteiger partial charge in [-0.05, 0) is 45.4 Å². The zero-order valence-electron chi connectivity index (χ0n) is 14.8. The fourth-order valence-corrected chi connectivity index (χ4v) is 5.10. The molecule has 0 aromatic carbocycles. The molecule has 2 unspecified atom stereocenters. The third kappa shape index (κ3) is 3.18. The summed E-state index contributed by atoms with van der Waals surface area (Å²) in [6.45, 7) is 5.00. The monoisotopic (exact) mass is 340 g/mol. The molecule has 0 saturated heterocycles. The van der Waals surface area contributed by atoms with E-state index in [0.29, 0.717) is 44.9 Å². The molecule has 0 spiro atoms. The first kappa shape index (κ1) is 17.7. The molecular weight excluding hydrogens is 312 g/mol. The minimum absolute atomic E-state index is 0.172. The number of hydrogen-bond donors (Lipinski definition) is 2. The predicted octanol–water partition coefficient (Wildman–Crippen LogP) is 1.71. The number of carbonyl (C=O) groups excluding carboxylic acids is 2. The Labute approximate surface area is 142 Å². The molecule has 24 heavy (non-hydrogen) atoms. The molecule has 0 aliphatic heterocycles. The normalized spacial score (nSPS) is 40.5. The van der Waals surface area contributed by atoms with Crippen LogP contribution in [0.15, 0.2) is 0 Å². The number of ether oxygens (including phenoxy) is 2. The molecule has 0 heterocycles. The van der Waals surface area contributed by atoms with Crippen molar-refractivity contribution < 1.29 is 29.3 Å². The molecule has 4 aliphatic carbocycles. The van der Waals surface area contributed by atoms with Gasteiger partial charge in [-0.2, -0.15) is 0 Å². The second-order valence-electron chi connectivity index (χ2n) is 8.93. The van der Waals surface area contributed by atoms with Crippen molar-refractivity contribution in [2.75, 3.05) is 6.61 Å². The standard InChI is InChI=1S/C18H28O6/c1-4-15(2,3)14(20)23-8-13(19)24-18-7-12-5-16(21,10-18)9-17(22,6-12)11-18/h12,21-22H,4-11H2,1-3H3. The van der Waals surface area contributed by atoms with Gasteiger partial charge in [0, 0.05) is 19.3 Å². The maximum Gasteiger partial charge on any atom is 0.344 e. The van der Waals surface area contributed by atoms with E-state index in [2.05, 4.69) is 0 Å². The third-order valence-electron chi connectivity index (χ3n) is 6.05. The summed E-state index contributed by atoms with van der Waals surface area (Å²) in [7, 11) is 0. The lowest BCUT2D eigenvalue weighted by molar-refractivity contribution is -0.262. The topological polar surface area (TPSA) is 93.1 Å². The van der Waals surface area contributed by atoms with Crippen LogP contribution < -0.4 is 0 Å². The second kappa shape index (κ2) is 5.43. The van der Waals surface area contributed by atoms with Crippen molar-refractivity contribution in [3.05, 3.63) is 0 Å². The van der Waals surface area contributed by atoms with Crippen LogP contribution in [0.1, 0.15) is 65.7 Å². The molecule has 0 amide bonds. The highest BCUT2D eigenvalue weighted by molar-refractivity contribution is 5.80. The maximum absolute atomic E-state index is 12.2. The highest BCUT2D eigenvalue weighted by Crippen LogP contribution is 2.60. The predicted molar refractivity (Wildman–Crippen MR) is 84.9 cm³/mol. The quantitative estimate of drug-likeness (QED) is 0.740. The van der Waals surface area contributed by atoms with Crippen LogP contribution in [0.5, 0.6) is 0 Å².